The Bertz CT molecular complexity index is 417. The van der Waals surface area contributed by atoms with E-state index in [-0.39, 0.29) is 12.0 Å². The molecule has 6 heteroatoms. The second-order valence-corrected chi connectivity index (χ2v) is 7.25. The third kappa shape index (κ3) is 4.87. The van der Waals surface area contributed by atoms with E-state index < -0.39 is 0 Å². The van der Waals surface area contributed by atoms with Gasteiger partial charge in [0.2, 0.25) is 0 Å². The predicted molar refractivity (Wildman–Crippen MR) is 80.7 cm³/mol. The molecule has 4 nitrogen and oxygen atoms in total. The number of hydrogen-bond donors (Lipinski definition) is 2. The van der Waals surface area contributed by atoms with E-state index in [0.29, 0.717) is 6.54 Å². The van der Waals surface area contributed by atoms with Gasteiger partial charge in [0.1, 0.15) is 0 Å². The Morgan fingerprint density at radius 3 is 2.84 bits per heavy atom. The molecule has 0 aromatic carbocycles. The van der Waals surface area contributed by atoms with Gasteiger partial charge in [0, 0.05) is 19.6 Å². The van der Waals surface area contributed by atoms with Crippen LogP contribution in [-0.2, 0) is 0 Å². The highest BCUT2D eigenvalue weighted by atomic mass is 79.9. The Morgan fingerprint density at radius 1 is 1.47 bits per heavy atom. The molecule has 0 radical (unpaired) electrons. The van der Waals surface area contributed by atoms with Crippen molar-refractivity contribution in [2.75, 3.05) is 26.2 Å². The van der Waals surface area contributed by atoms with Crippen LogP contribution in [0, 0.1) is 0 Å². The molecule has 0 bridgehead atoms. The maximum atomic E-state index is 11.8. The van der Waals surface area contributed by atoms with Gasteiger partial charge in [-0.1, -0.05) is 0 Å². The van der Waals surface area contributed by atoms with E-state index in [4.69, 9.17) is 0 Å². The van der Waals surface area contributed by atoms with Crippen LogP contribution in [0.25, 0.3) is 0 Å². The first-order chi connectivity index (χ1) is 9.15. The topological polar surface area (TPSA) is 52.6 Å². The van der Waals surface area contributed by atoms with Gasteiger partial charge >= 0.3 is 0 Å². The van der Waals surface area contributed by atoms with Crippen molar-refractivity contribution in [3.05, 3.63) is 20.8 Å². The molecular formula is C13H19BrN2O2S. The number of halogens is 1. The van der Waals surface area contributed by atoms with E-state index in [0.717, 1.165) is 47.6 Å². The smallest absolute Gasteiger partial charge is 0.261 e. The van der Waals surface area contributed by atoms with E-state index in [1.807, 2.05) is 12.1 Å². The predicted octanol–water partition coefficient (Wildman–Crippen LogP) is 2.09. The molecule has 0 unspecified atom stereocenters. The van der Waals surface area contributed by atoms with Crippen molar-refractivity contribution in [3.8, 4) is 0 Å². The molecule has 2 N–H and O–H groups in total. The minimum Gasteiger partial charge on any atom is -0.393 e. The number of carbonyl (C=O) groups excluding carboxylic acids is 1. The summed E-state index contributed by atoms with van der Waals surface area (Å²) >= 11 is 4.80. The highest BCUT2D eigenvalue weighted by molar-refractivity contribution is 9.11. The highest BCUT2D eigenvalue weighted by Gasteiger charge is 2.16. The van der Waals surface area contributed by atoms with Gasteiger partial charge in [0.25, 0.3) is 5.91 Å². The van der Waals surface area contributed by atoms with E-state index in [1.54, 1.807) is 0 Å². The lowest BCUT2D eigenvalue weighted by molar-refractivity contribution is 0.0816. The van der Waals surface area contributed by atoms with Crippen LogP contribution in [0.3, 0.4) is 0 Å². The van der Waals surface area contributed by atoms with E-state index in [1.165, 1.54) is 11.3 Å². The van der Waals surface area contributed by atoms with Gasteiger partial charge in [0.15, 0.2) is 0 Å². The first kappa shape index (κ1) is 15.0. The van der Waals surface area contributed by atoms with Crippen LogP contribution in [0.1, 0.15) is 28.9 Å². The fraction of sp³-hybridized carbons (Fsp3) is 0.615. The molecule has 0 spiro atoms. The molecule has 1 aromatic heterocycles. The molecule has 19 heavy (non-hydrogen) atoms. The Hall–Kier alpha value is -0.430. The number of likely N-dealkylation sites (tertiary alicyclic amines) is 1. The zero-order chi connectivity index (χ0) is 13.7. The highest BCUT2D eigenvalue weighted by Crippen LogP contribution is 2.21. The fourth-order valence-electron chi connectivity index (χ4n) is 2.17. The van der Waals surface area contributed by atoms with Gasteiger partial charge in [-0.2, -0.15) is 0 Å². The number of hydrogen-bond acceptors (Lipinski definition) is 4. The molecule has 106 valence electrons. The molecule has 1 aromatic rings. The minimum absolute atomic E-state index is 0.00441. The third-order valence-corrected chi connectivity index (χ3v) is 4.91. The number of aliphatic hydroxyl groups excluding tert-OH is 1. The van der Waals surface area contributed by atoms with E-state index in [2.05, 4.69) is 26.1 Å². The summed E-state index contributed by atoms with van der Waals surface area (Å²) in [5.41, 5.74) is 0. The number of thiophene rings is 1. The van der Waals surface area contributed by atoms with E-state index >= 15 is 0 Å². The number of nitrogens with one attached hydrogen (secondary N) is 1. The Morgan fingerprint density at radius 2 is 2.21 bits per heavy atom. The number of aliphatic hydroxyl groups is 1. The van der Waals surface area contributed by atoms with Gasteiger partial charge in [-0.3, -0.25) is 4.79 Å². The van der Waals surface area contributed by atoms with Crippen molar-refractivity contribution >= 4 is 33.2 Å². The summed E-state index contributed by atoms with van der Waals surface area (Å²) in [5.74, 6) is 0.00441. The fourth-order valence-corrected chi connectivity index (χ4v) is 3.47. The second-order valence-electron chi connectivity index (χ2n) is 4.79. The summed E-state index contributed by atoms with van der Waals surface area (Å²) < 4.78 is 0.976. The molecule has 1 aliphatic rings. The van der Waals surface area contributed by atoms with Crippen molar-refractivity contribution in [3.63, 3.8) is 0 Å². The van der Waals surface area contributed by atoms with Gasteiger partial charge in [-0.05, 0) is 53.9 Å². The lowest BCUT2D eigenvalue weighted by Gasteiger charge is -2.29. The first-order valence-electron chi connectivity index (χ1n) is 6.59. The van der Waals surface area contributed by atoms with Crippen LogP contribution in [0.4, 0.5) is 0 Å². The van der Waals surface area contributed by atoms with Crippen LogP contribution in [0.5, 0.6) is 0 Å². The Kier molecular flexibility index (Phi) is 5.81. The van der Waals surface area contributed by atoms with Crippen molar-refractivity contribution in [1.29, 1.82) is 0 Å². The van der Waals surface area contributed by atoms with Crippen molar-refractivity contribution in [2.24, 2.45) is 0 Å². The van der Waals surface area contributed by atoms with Gasteiger partial charge in [-0.25, -0.2) is 0 Å². The van der Waals surface area contributed by atoms with Crippen LogP contribution >= 0.6 is 27.3 Å². The lowest BCUT2D eigenvalue weighted by atomic mass is 10.1. The molecule has 1 amide bonds. The maximum Gasteiger partial charge on any atom is 0.261 e. The quantitative estimate of drug-likeness (QED) is 0.802. The summed E-state index contributed by atoms with van der Waals surface area (Å²) in [6.45, 7) is 3.62. The first-order valence-corrected chi connectivity index (χ1v) is 8.20. The van der Waals surface area contributed by atoms with Crippen LogP contribution in [0.2, 0.25) is 0 Å². The summed E-state index contributed by atoms with van der Waals surface area (Å²) in [4.78, 5) is 14.9. The van der Waals surface area contributed by atoms with Crippen molar-refractivity contribution in [2.45, 2.75) is 25.4 Å². The van der Waals surface area contributed by atoms with Crippen molar-refractivity contribution < 1.29 is 9.90 Å². The number of nitrogens with zero attached hydrogens (tertiary/aromatic N) is 1. The molecule has 1 saturated heterocycles. The zero-order valence-corrected chi connectivity index (χ0v) is 13.2. The van der Waals surface area contributed by atoms with Gasteiger partial charge in [-0.15, -0.1) is 11.3 Å². The van der Waals surface area contributed by atoms with Crippen LogP contribution in [-0.4, -0.2) is 48.2 Å². The second kappa shape index (κ2) is 7.38. The Labute approximate surface area is 125 Å². The molecule has 1 aliphatic heterocycles. The summed E-state index contributed by atoms with van der Waals surface area (Å²) in [7, 11) is 0. The van der Waals surface area contributed by atoms with Gasteiger partial charge in [0.05, 0.1) is 14.8 Å². The van der Waals surface area contributed by atoms with Crippen LogP contribution in [0.15, 0.2) is 15.9 Å². The molecule has 1 fully saturated rings. The van der Waals surface area contributed by atoms with Gasteiger partial charge < -0.3 is 15.3 Å². The number of carbonyl (C=O) groups is 1. The molecule has 0 aliphatic carbocycles. The summed E-state index contributed by atoms with van der Waals surface area (Å²) in [5, 5.41) is 12.3. The third-order valence-electron chi connectivity index (χ3n) is 3.29. The number of rotatable bonds is 5. The SMILES string of the molecule is O=C(NCCCN1CCC(O)CC1)c1ccc(Br)s1. The molecule has 0 saturated carbocycles. The normalized spacial score (nSPS) is 17.6. The average molecular weight is 347 g/mol. The molecule has 0 atom stereocenters. The van der Waals surface area contributed by atoms with Crippen LogP contribution < -0.4 is 5.32 Å². The standard InChI is InChI=1S/C13H19BrN2O2S/c14-12-3-2-11(19-12)13(18)15-6-1-7-16-8-4-10(17)5-9-16/h2-3,10,17H,1,4-9H2,(H,15,18). The minimum atomic E-state index is -0.117. The monoisotopic (exact) mass is 346 g/mol. The van der Waals surface area contributed by atoms with Crippen molar-refractivity contribution in [1.82, 2.24) is 10.2 Å². The zero-order valence-electron chi connectivity index (χ0n) is 10.8. The van der Waals surface area contributed by atoms with E-state index in [9.17, 15) is 9.90 Å². The molecular weight excluding hydrogens is 328 g/mol. The lowest BCUT2D eigenvalue weighted by Crippen LogP contribution is -2.37. The number of amides is 1. The largest absolute Gasteiger partial charge is 0.393 e. The average Bonchev–Trinajstić information content (AvgIpc) is 2.83. The summed E-state index contributed by atoms with van der Waals surface area (Å²) in [6.07, 6.45) is 2.58. The summed E-state index contributed by atoms with van der Waals surface area (Å²) in [6, 6.07) is 3.72. The Balaban J connectivity index is 1.60. The molecule has 2 rings (SSSR count). The maximum absolute atomic E-state index is 11.8. The molecule has 2 heterocycles. The number of piperidine rings is 1.